The van der Waals surface area contributed by atoms with Crippen molar-refractivity contribution in [1.82, 2.24) is 4.57 Å². The minimum absolute atomic E-state index is 0.0559. The molecule has 4 rings (SSSR count). The van der Waals surface area contributed by atoms with E-state index in [1.807, 2.05) is 0 Å². The first-order valence-electron chi connectivity index (χ1n) is 8.05. The predicted octanol–water partition coefficient (Wildman–Crippen LogP) is 4.01. The van der Waals surface area contributed by atoms with Gasteiger partial charge in [0.15, 0.2) is 0 Å². The van der Waals surface area contributed by atoms with Crippen LogP contribution in [0.15, 0.2) is 47.3 Å². The van der Waals surface area contributed by atoms with Gasteiger partial charge >= 0.3 is 0 Å². The first-order chi connectivity index (χ1) is 12.4. The summed E-state index contributed by atoms with van der Waals surface area (Å²) in [5.74, 6) is -2.90. The van der Waals surface area contributed by atoms with Crippen LogP contribution in [0.1, 0.15) is 29.4 Å². The van der Waals surface area contributed by atoms with Crippen molar-refractivity contribution in [3.05, 3.63) is 76.0 Å². The van der Waals surface area contributed by atoms with E-state index in [2.05, 4.69) is 5.32 Å². The Labute approximate surface area is 145 Å². The van der Waals surface area contributed by atoms with Gasteiger partial charge in [0, 0.05) is 12.1 Å². The fraction of sp³-hybridized carbons (Fsp3) is 0.158. The summed E-state index contributed by atoms with van der Waals surface area (Å²) in [5.41, 5.74) is -0.597. The van der Waals surface area contributed by atoms with Gasteiger partial charge in [-0.05, 0) is 48.6 Å². The van der Waals surface area contributed by atoms with Gasteiger partial charge in [-0.15, -0.1) is 0 Å². The van der Waals surface area contributed by atoms with Gasteiger partial charge in [0.05, 0.1) is 11.1 Å². The number of benzene rings is 2. The van der Waals surface area contributed by atoms with Gasteiger partial charge in [-0.25, -0.2) is 13.2 Å². The van der Waals surface area contributed by atoms with Crippen LogP contribution in [0.3, 0.4) is 0 Å². The molecule has 0 saturated heterocycles. The highest BCUT2D eigenvalue weighted by atomic mass is 19.1. The SMILES string of the molecule is O=C(Nc1ccc(F)cc1F)c1cc2ccc(F)cc2c(=O)n1C1CC1. The molecule has 0 atom stereocenters. The maximum Gasteiger partial charge on any atom is 0.272 e. The Balaban J connectivity index is 1.82. The molecular formula is C19H13F3N2O2. The van der Waals surface area contributed by atoms with Crippen LogP contribution in [0.2, 0.25) is 0 Å². The van der Waals surface area contributed by atoms with E-state index in [4.69, 9.17) is 0 Å². The zero-order valence-corrected chi connectivity index (χ0v) is 13.4. The first kappa shape index (κ1) is 16.4. The molecule has 0 aliphatic heterocycles. The topological polar surface area (TPSA) is 51.1 Å². The van der Waals surface area contributed by atoms with E-state index < -0.39 is 28.9 Å². The van der Waals surface area contributed by atoms with E-state index in [0.717, 1.165) is 31.0 Å². The minimum atomic E-state index is -0.915. The number of pyridine rings is 1. The fourth-order valence-corrected chi connectivity index (χ4v) is 2.94. The number of hydrogen-bond donors (Lipinski definition) is 1. The average Bonchev–Trinajstić information content (AvgIpc) is 3.42. The lowest BCUT2D eigenvalue weighted by Gasteiger charge is -2.14. The second kappa shape index (κ2) is 6.01. The quantitative estimate of drug-likeness (QED) is 0.769. The number of fused-ring (bicyclic) bond motifs is 1. The number of carbonyl (C=O) groups excluding carboxylic acids is 1. The Hall–Kier alpha value is -3.09. The summed E-state index contributed by atoms with van der Waals surface area (Å²) in [6, 6.07) is 7.88. The van der Waals surface area contributed by atoms with Crippen LogP contribution in [0, 0.1) is 17.5 Å². The second-order valence-corrected chi connectivity index (χ2v) is 6.25. The molecule has 4 nitrogen and oxygen atoms in total. The molecule has 0 bridgehead atoms. The predicted molar refractivity (Wildman–Crippen MR) is 90.7 cm³/mol. The highest BCUT2D eigenvalue weighted by Gasteiger charge is 2.30. The molecule has 1 N–H and O–H groups in total. The normalized spacial score (nSPS) is 13.8. The lowest BCUT2D eigenvalue weighted by atomic mass is 10.1. The maximum atomic E-state index is 13.8. The van der Waals surface area contributed by atoms with Gasteiger partial charge in [-0.3, -0.25) is 9.59 Å². The molecule has 1 heterocycles. The van der Waals surface area contributed by atoms with E-state index in [9.17, 15) is 22.8 Å². The Kier molecular flexibility index (Phi) is 3.79. The van der Waals surface area contributed by atoms with Crippen molar-refractivity contribution in [3.63, 3.8) is 0 Å². The van der Waals surface area contributed by atoms with Crippen LogP contribution in [-0.2, 0) is 0 Å². The maximum absolute atomic E-state index is 13.8. The van der Waals surface area contributed by atoms with E-state index in [-0.39, 0.29) is 22.8 Å². The number of rotatable bonds is 3. The molecule has 1 saturated carbocycles. The van der Waals surface area contributed by atoms with Crippen molar-refractivity contribution in [3.8, 4) is 0 Å². The molecule has 0 spiro atoms. The molecule has 0 unspecified atom stereocenters. The molecule has 2 aromatic carbocycles. The number of anilines is 1. The summed E-state index contributed by atoms with van der Waals surface area (Å²) in [7, 11) is 0. The van der Waals surface area contributed by atoms with Crippen molar-refractivity contribution < 1.29 is 18.0 Å². The number of amides is 1. The van der Waals surface area contributed by atoms with Crippen LogP contribution in [0.4, 0.5) is 18.9 Å². The number of hydrogen-bond acceptors (Lipinski definition) is 2. The molecule has 1 aliphatic carbocycles. The number of aromatic nitrogens is 1. The van der Waals surface area contributed by atoms with Crippen molar-refractivity contribution in [2.75, 3.05) is 5.32 Å². The van der Waals surface area contributed by atoms with Gasteiger partial charge in [0.2, 0.25) is 0 Å². The van der Waals surface area contributed by atoms with Gasteiger partial charge in [-0.1, -0.05) is 6.07 Å². The standard InChI is InChI=1S/C19H13F3N2O2/c20-11-2-1-10-7-17(24(13-4-5-13)19(26)14(10)8-11)18(25)23-16-6-3-12(21)9-15(16)22/h1-3,6-9,13H,4-5H2,(H,23,25). The molecule has 1 aliphatic rings. The average molecular weight is 358 g/mol. The van der Waals surface area contributed by atoms with Crippen molar-refractivity contribution in [1.29, 1.82) is 0 Å². The Bertz CT molecular complexity index is 1100. The van der Waals surface area contributed by atoms with Gasteiger partial charge < -0.3 is 9.88 Å². The van der Waals surface area contributed by atoms with E-state index in [0.29, 0.717) is 11.5 Å². The third-order valence-corrected chi connectivity index (χ3v) is 4.34. The van der Waals surface area contributed by atoms with Crippen LogP contribution < -0.4 is 10.9 Å². The molecule has 0 radical (unpaired) electrons. The lowest BCUT2D eigenvalue weighted by Crippen LogP contribution is -2.28. The molecule has 3 aromatic rings. The third kappa shape index (κ3) is 2.85. The minimum Gasteiger partial charge on any atom is -0.318 e. The number of nitrogens with zero attached hydrogens (tertiary/aromatic N) is 1. The van der Waals surface area contributed by atoms with E-state index in [1.165, 1.54) is 22.8 Å². The van der Waals surface area contributed by atoms with E-state index >= 15 is 0 Å². The zero-order chi connectivity index (χ0) is 18.4. The van der Waals surface area contributed by atoms with E-state index in [1.54, 1.807) is 0 Å². The Morgan fingerprint density at radius 2 is 1.69 bits per heavy atom. The lowest BCUT2D eigenvalue weighted by molar-refractivity contribution is 0.101. The van der Waals surface area contributed by atoms with Crippen LogP contribution >= 0.6 is 0 Å². The number of nitrogens with one attached hydrogen (secondary N) is 1. The zero-order valence-electron chi connectivity index (χ0n) is 13.4. The summed E-state index contributed by atoms with van der Waals surface area (Å²) in [5, 5.41) is 2.96. The summed E-state index contributed by atoms with van der Waals surface area (Å²) in [6.45, 7) is 0. The molecule has 1 amide bonds. The molecule has 1 fully saturated rings. The van der Waals surface area contributed by atoms with Gasteiger partial charge in [0.25, 0.3) is 11.5 Å². The third-order valence-electron chi connectivity index (χ3n) is 4.34. The summed E-state index contributed by atoms with van der Waals surface area (Å²) >= 11 is 0. The Morgan fingerprint density at radius 3 is 2.38 bits per heavy atom. The summed E-state index contributed by atoms with van der Waals surface area (Å²) < 4.78 is 41.6. The monoisotopic (exact) mass is 358 g/mol. The summed E-state index contributed by atoms with van der Waals surface area (Å²) in [4.78, 5) is 25.4. The molecule has 1 aromatic heterocycles. The largest absolute Gasteiger partial charge is 0.318 e. The molecule has 132 valence electrons. The first-order valence-corrected chi connectivity index (χ1v) is 8.05. The van der Waals surface area contributed by atoms with Gasteiger partial charge in [0.1, 0.15) is 23.1 Å². The fourth-order valence-electron chi connectivity index (χ4n) is 2.94. The smallest absolute Gasteiger partial charge is 0.272 e. The molecular weight excluding hydrogens is 345 g/mol. The van der Waals surface area contributed by atoms with Crippen LogP contribution in [-0.4, -0.2) is 10.5 Å². The molecule has 7 heteroatoms. The van der Waals surface area contributed by atoms with Crippen molar-refractivity contribution in [2.24, 2.45) is 0 Å². The highest BCUT2D eigenvalue weighted by Crippen LogP contribution is 2.35. The molecule has 26 heavy (non-hydrogen) atoms. The van der Waals surface area contributed by atoms with Crippen molar-refractivity contribution in [2.45, 2.75) is 18.9 Å². The second-order valence-electron chi connectivity index (χ2n) is 6.25. The van der Waals surface area contributed by atoms with Gasteiger partial charge in [-0.2, -0.15) is 0 Å². The summed E-state index contributed by atoms with van der Waals surface area (Å²) in [6.07, 6.45) is 1.46. The van der Waals surface area contributed by atoms with Crippen molar-refractivity contribution >= 4 is 22.4 Å². The number of carbonyl (C=O) groups is 1. The Morgan fingerprint density at radius 1 is 1.00 bits per heavy atom. The van der Waals surface area contributed by atoms with Crippen LogP contribution in [0.25, 0.3) is 10.8 Å². The number of halogens is 3. The highest BCUT2D eigenvalue weighted by molar-refractivity contribution is 6.05. The van der Waals surface area contributed by atoms with Crippen LogP contribution in [0.5, 0.6) is 0 Å².